The average molecular weight is 391 g/mol. The van der Waals surface area contributed by atoms with E-state index >= 15 is 0 Å². The molecule has 1 saturated heterocycles. The first-order valence-corrected chi connectivity index (χ1v) is 9.28. The van der Waals surface area contributed by atoms with Crippen molar-refractivity contribution in [2.75, 3.05) is 48.4 Å². The second-order valence-electron chi connectivity index (χ2n) is 6.45. The summed E-state index contributed by atoms with van der Waals surface area (Å²) in [7, 11) is 1.60. The largest absolute Gasteiger partial charge is 0.497 e. The van der Waals surface area contributed by atoms with E-state index in [1.807, 2.05) is 0 Å². The van der Waals surface area contributed by atoms with Crippen LogP contribution in [0.25, 0.3) is 0 Å². The van der Waals surface area contributed by atoms with E-state index in [0.29, 0.717) is 17.3 Å². The number of nitrogens with one attached hydrogen (secondary N) is 1. The molecule has 0 saturated carbocycles. The summed E-state index contributed by atoms with van der Waals surface area (Å²) in [5, 5.41) is 2.84. The molecule has 148 valence electrons. The molecule has 9 nitrogen and oxygen atoms in total. The molecular weight excluding hydrogens is 370 g/mol. The molecule has 3 aromatic rings. The van der Waals surface area contributed by atoms with Crippen molar-refractivity contribution in [1.82, 2.24) is 19.9 Å². The van der Waals surface area contributed by atoms with Crippen LogP contribution in [0.4, 0.5) is 17.6 Å². The summed E-state index contributed by atoms with van der Waals surface area (Å²) in [5.74, 6) is 1.71. The van der Waals surface area contributed by atoms with Crippen LogP contribution in [0.2, 0.25) is 0 Å². The fraction of sp³-hybridized carbons (Fsp3) is 0.250. The maximum Gasteiger partial charge on any atom is 0.274 e. The summed E-state index contributed by atoms with van der Waals surface area (Å²) in [6.45, 7) is 2.97. The molecule has 3 heterocycles. The molecule has 9 heteroatoms. The van der Waals surface area contributed by atoms with Gasteiger partial charge in [-0.05, 0) is 36.4 Å². The Bertz CT molecular complexity index is 958. The van der Waals surface area contributed by atoms with Crippen LogP contribution in [-0.2, 0) is 0 Å². The smallest absolute Gasteiger partial charge is 0.274 e. The molecule has 0 spiro atoms. The monoisotopic (exact) mass is 391 g/mol. The lowest BCUT2D eigenvalue weighted by atomic mass is 10.3. The Hall–Kier alpha value is -3.75. The van der Waals surface area contributed by atoms with E-state index in [9.17, 15) is 4.79 Å². The zero-order valence-electron chi connectivity index (χ0n) is 16.0. The first-order chi connectivity index (χ1) is 14.2. The second-order valence-corrected chi connectivity index (χ2v) is 6.45. The average Bonchev–Trinajstić information content (AvgIpc) is 2.80. The number of carbonyl (C=O) groups excluding carboxylic acids is 1. The lowest BCUT2D eigenvalue weighted by Crippen LogP contribution is -2.47. The molecule has 1 amide bonds. The van der Waals surface area contributed by atoms with Crippen LogP contribution in [0, 0.1) is 0 Å². The highest BCUT2D eigenvalue weighted by atomic mass is 16.5. The molecule has 0 aliphatic carbocycles. The third-order valence-corrected chi connectivity index (χ3v) is 4.62. The number of amides is 1. The van der Waals surface area contributed by atoms with Gasteiger partial charge in [0.1, 0.15) is 11.4 Å². The molecular formula is C20H21N7O2. The van der Waals surface area contributed by atoms with Gasteiger partial charge >= 0.3 is 0 Å². The molecule has 0 unspecified atom stereocenters. The number of nitrogens with zero attached hydrogens (tertiary/aromatic N) is 6. The molecule has 1 aliphatic heterocycles. The molecule has 0 atom stereocenters. The number of aromatic nitrogens is 4. The molecule has 2 aromatic heterocycles. The van der Waals surface area contributed by atoms with Crippen molar-refractivity contribution in [2.24, 2.45) is 0 Å². The van der Waals surface area contributed by atoms with Gasteiger partial charge in [0.15, 0.2) is 0 Å². The number of rotatable bonds is 5. The Morgan fingerprint density at radius 1 is 0.897 bits per heavy atom. The van der Waals surface area contributed by atoms with Crippen molar-refractivity contribution < 1.29 is 9.53 Å². The first kappa shape index (κ1) is 18.6. The fourth-order valence-corrected chi connectivity index (χ4v) is 3.06. The van der Waals surface area contributed by atoms with Crippen molar-refractivity contribution >= 4 is 23.5 Å². The van der Waals surface area contributed by atoms with E-state index in [4.69, 9.17) is 4.74 Å². The van der Waals surface area contributed by atoms with Gasteiger partial charge in [-0.15, -0.1) is 0 Å². The van der Waals surface area contributed by atoms with Gasteiger partial charge in [-0.3, -0.25) is 4.79 Å². The van der Waals surface area contributed by atoms with Crippen molar-refractivity contribution in [3.63, 3.8) is 0 Å². The summed E-state index contributed by atoms with van der Waals surface area (Å²) >= 11 is 0. The molecule has 1 fully saturated rings. The highest BCUT2D eigenvalue weighted by molar-refractivity contribution is 6.03. The molecule has 4 rings (SSSR count). The Morgan fingerprint density at radius 2 is 1.52 bits per heavy atom. The highest BCUT2D eigenvalue weighted by Gasteiger charge is 2.21. The lowest BCUT2D eigenvalue weighted by Gasteiger charge is -2.34. The predicted molar refractivity (Wildman–Crippen MR) is 109 cm³/mol. The Labute approximate surface area is 168 Å². The number of methoxy groups -OCH3 is 1. The second kappa shape index (κ2) is 8.51. The quantitative estimate of drug-likeness (QED) is 0.704. The summed E-state index contributed by atoms with van der Waals surface area (Å²) < 4.78 is 5.13. The van der Waals surface area contributed by atoms with E-state index in [-0.39, 0.29) is 5.91 Å². The van der Waals surface area contributed by atoms with E-state index < -0.39 is 0 Å². The summed E-state index contributed by atoms with van der Waals surface area (Å²) in [4.78, 5) is 34.1. The van der Waals surface area contributed by atoms with Crippen molar-refractivity contribution in [1.29, 1.82) is 0 Å². The number of anilines is 3. The van der Waals surface area contributed by atoms with Gasteiger partial charge in [0.05, 0.1) is 7.11 Å². The van der Waals surface area contributed by atoms with Crippen LogP contribution in [0.3, 0.4) is 0 Å². The SMILES string of the molecule is COc1ccc(NC(=O)c2ccnc(N3CCN(c4ncccn4)CC3)n2)cc1. The van der Waals surface area contributed by atoms with Crippen molar-refractivity contribution in [3.8, 4) is 5.75 Å². The van der Waals surface area contributed by atoms with Gasteiger partial charge < -0.3 is 19.9 Å². The zero-order valence-corrected chi connectivity index (χ0v) is 16.0. The number of piperazine rings is 1. The van der Waals surface area contributed by atoms with Crippen LogP contribution >= 0.6 is 0 Å². The first-order valence-electron chi connectivity index (χ1n) is 9.28. The van der Waals surface area contributed by atoms with Crippen LogP contribution < -0.4 is 19.9 Å². The van der Waals surface area contributed by atoms with Gasteiger partial charge in [0.2, 0.25) is 11.9 Å². The minimum Gasteiger partial charge on any atom is -0.497 e. The van der Waals surface area contributed by atoms with Gasteiger partial charge in [-0.25, -0.2) is 19.9 Å². The Morgan fingerprint density at radius 3 is 2.17 bits per heavy atom. The molecule has 0 radical (unpaired) electrons. The number of hydrogen-bond acceptors (Lipinski definition) is 8. The molecule has 1 N–H and O–H groups in total. The van der Waals surface area contributed by atoms with Crippen LogP contribution in [0.5, 0.6) is 5.75 Å². The van der Waals surface area contributed by atoms with E-state index in [0.717, 1.165) is 37.9 Å². The normalized spacial score (nSPS) is 13.8. The number of carbonyl (C=O) groups is 1. The van der Waals surface area contributed by atoms with Crippen molar-refractivity contribution in [2.45, 2.75) is 0 Å². The van der Waals surface area contributed by atoms with E-state index in [1.54, 1.807) is 62.1 Å². The van der Waals surface area contributed by atoms with E-state index in [2.05, 4.69) is 35.1 Å². The minimum absolute atomic E-state index is 0.282. The highest BCUT2D eigenvalue weighted by Crippen LogP contribution is 2.17. The van der Waals surface area contributed by atoms with Crippen LogP contribution in [-0.4, -0.2) is 59.1 Å². The topological polar surface area (TPSA) is 96.4 Å². The van der Waals surface area contributed by atoms with Gasteiger partial charge in [0, 0.05) is 50.5 Å². The minimum atomic E-state index is -0.282. The Kier molecular flexibility index (Phi) is 5.46. The van der Waals surface area contributed by atoms with E-state index in [1.165, 1.54) is 0 Å². The predicted octanol–water partition coefficient (Wildman–Crippen LogP) is 1.85. The van der Waals surface area contributed by atoms with Crippen LogP contribution in [0.15, 0.2) is 55.0 Å². The molecule has 0 bridgehead atoms. The van der Waals surface area contributed by atoms with Gasteiger partial charge in [-0.2, -0.15) is 0 Å². The Balaban J connectivity index is 1.40. The third kappa shape index (κ3) is 4.40. The lowest BCUT2D eigenvalue weighted by molar-refractivity contribution is 0.102. The number of hydrogen-bond donors (Lipinski definition) is 1. The van der Waals surface area contributed by atoms with Gasteiger partial charge in [-0.1, -0.05) is 0 Å². The fourth-order valence-electron chi connectivity index (χ4n) is 3.06. The maximum atomic E-state index is 12.6. The molecule has 1 aromatic carbocycles. The van der Waals surface area contributed by atoms with Crippen molar-refractivity contribution in [3.05, 3.63) is 60.7 Å². The maximum absolute atomic E-state index is 12.6. The zero-order chi connectivity index (χ0) is 20.1. The number of benzene rings is 1. The third-order valence-electron chi connectivity index (χ3n) is 4.62. The summed E-state index contributed by atoms with van der Waals surface area (Å²) in [6.07, 6.45) is 5.09. The van der Waals surface area contributed by atoms with Gasteiger partial charge in [0.25, 0.3) is 5.91 Å². The number of ether oxygens (including phenoxy) is 1. The molecule has 29 heavy (non-hydrogen) atoms. The van der Waals surface area contributed by atoms with Crippen LogP contribution in [0.1, 0.15) is 10.5 Å². The standard InChI is InChI=1S/C20H21N7O2/c1-29-16-5-3-15(4-6-16)24-18(28)17-7-10-23-20(25-17)27-13-11-26(12-14-27)19-21-8-2-9-22-19/h2-10H,11-14H2,1H3,(H,24,28). The summed E-state index contributed by atoms with van der Waals surface area (Å²) in [5.41, 5.74) is 0.993. The molecule has 1 aliphatic rings. The summed E-state index contributed by atoms with van der Waals surface area (Å²) in [6, 6.07) is 10.5.